The van der Waals surface area contributed by atoms with Crippen molar-refractivity contribution in [1.29, 1.82) is 0 Å². The molecule has 0 amide bonds. The lowest BCUT2D eigenvalue weighted by Crippen LogP contribution is -2.35. The molecule has 0 saturated carbocycles. The molecule has 2 aromatic rings. The lowest BCUT2D eigenvalue weighted by atomic mass is 10.1. The molecule has 0 radical (unpaired) electrons. The van der Waals surface area contributed by atoms with Gasteiger partial charge in [0.05, 0.1) is 10.6 Å². The molecule has 3 rings (SSSR count). The monoisotopic (exact) mass is 288 g/mol. The molecule has 4 nitrogen and oxygen atoms in total. The summed E-state index contributed by atoms with van der Waals surface area (Å²) < 4.78 is 27.2. The third kappa shape index (κ3) is 1.94. The fourth-order valence-corrected chi connectivity index (χ4v) is 4.44. The van der Waals surface area contributed by atoms with Crippen LogP contribution in [0.4, 0.5) is 11.4 Å². The van der Waals surface area contributed by atoms with Gasteiger partial charge in [0.25, 0.3) is 10.0 Å². The summed E-state index contributed by atoms with van der Waals surface area (Å²) in [5.41, 5.74) is 7.98. The molecule has 104 valence electrons. The van der Waals surface area contributed by atoms with Crippen molar-refractivity contribution < 1.29 is 8.42 Å². The van der Waals surface area contributed by atoms with E-state index in [1.54, 1.807) is 18.2 Å². The Kier molecular flexibility index (Phi) is 2.94. The molecule has 1 heterocycles. The average molecular weight is 288 g/mol. The number of para-hydroxylation sites is 1. The molecule has 1 aliphatic heterocycles. The lowest BCUT2D eigenvalue weighted by Gasteiger charge is -2.24. The fraction of sp³-hybridized carbons (Fsp3) is 0.200. The van der Waals surface area contributed by atoms with Crippen molar-refractivity contribution in [3.63, 3.8) is 0 Å². The highest BCUT2D eigenvalue weighted by Gasteiger charge is 2.35. The van der Waals surface area contributed by atoms with Crippen LogP contribution < -0.4 is 10.0 Å². The fourth-order valence-electron chi connectivity index (χ4n) is 2.69. The summed E-state index contributed by atoms with van der Waals surface area (Å²) in [7, 11) is -3.57. The highest BCUT2D eigenvalue weighted by Crippen LogP contribution is 2.36. The molecule has 1 aliphatic rings. The number of nitrogens with two attached hydrogens (primary N) is 1. The maximum absolute atomic E-state index is 12.8. The first-order valence-corrected chi connectivity index (χ1v) is 7.92. The largest absolute Gasteiger partial charge is 0.399 e. The van der Waals surface area contributed by atoms with Crippen LogP contribution in [0.3, 0.4) is 0 Å². The first-order valence-electron chi connectivity index (χ1n) is 6.48. The van der Waals surface area contributed by atoms with E-state index in [1.165, 1.54) is 10.4 Å². The average Bonchev–Trinajstić information content (AvgIpc) is 2.75. The van der Waals surface area contributed by atoms with Crippen molar-refractivity contribution in [2.45, 2.75) is 24.3 Å². The number of sulfonamides is 1. The second-order valence-corrected chi connectivity index (χ2v) is 6.87. The molecule has 2 aromatic carbocycles. The Bertz CT molecular complexity index is 756. The van der Waals surface area contributed by atoms with Crippen LogP contribution in [0.1, 0.15) is 12.5 Å². The molecular formula is C15H16N2O2S. The highest BCUT2D eigenvalue weighted by molar-refractivity contribution is 7.92. The van der Waals surface area contributed by atoms with Gasteiger partial charge in [0, 0.05) is 11.7 Å². The Hall–Kier alpha value is -2.01. The van der Waals surface area contributed by atoms with E-state index in [0.29, 0.717) is 5.69 Å². The van der Waals surface area contributed by atoms with Crippen molar-refractivity contribution in [3.8, 4) is 0 Å². The molecule has 0 saturated heterocycles. The minimum Gasteiger partial charge on any atom is -0.399 e. The molecule has 1 unspecified atom stereocenters. The number of rotatable bonds is 2. The van der Waals surface area contributed by atoms with Gasteiger partial charge in [0.15, 0.2) is 0 Å². The van der Waals surface area contributed by atoms with Crippen LogP contribution >= 0.6 is 0 Å². The number of hydrogen-bond donors (Lipinski definition) is 1. The number of nitrogen functional groups attached to an aromatic ring is 1. The van der Waals surface area contributed by atoms with Gasteiger partial charge in [-0.3, -0.25) is 4.31 Å². The molecule has 0 fully saturated rings. The Balaban J connectivity index is 2.13. The van der Waals surface area contributed by atoms with Gasteiger partial charge >= 0.3 is 0 Å². The normalized spacial score (nSPS) is 18.1. The number of nitrogens with zero attached hydrogens (tertiary/aromatic N) is 1. The molecule has 0 bridgehead atoms. The first-order chi connectivity index (χ1) is 9.50. The van der Waals surface area contributed by atoms with E-state index >= 15 is 0 Å². The van der Waals surface area contributed by atoms with E-state index in [1.807, 2.05) is 31.2 Å². The summed E-state index contributed by atoms with van der Waals surface area (Å²) in [5, 5.41) is 0. The summed E-state index contributed by atoms with van der Waals surface area (Å²) in [6.07, 6.45) is 0.734. The third-order valence-corrected chi connectivity index (χ3v) is 5.48. The Labute approximate surface area is 118 Å². The van der Waals surface area contributed by atoms with E-state index in [-0.39, 0.29) is 10.9 Å². The smallest absolute Gasteiger partial charge is 0.264 e. The lowest BCUT2D eigenvalue weighted by molar-refractivity contribution is 0.584. The second-order valence-electron chi connectivity index (χ2n) is 5.06. The standard InChI is InChI=1S/C15H16N2O2S/c1-11-9-12-5-2-3-8-15(12)17(11)20(18,19)14-7-4-6-13(16)10-14/h2-8,10-11H,9,16H2,1H3. The van der Waals surface area contributed by atoms with E-state index in [9.17, 15) is 8.42 Å². The minimum absolute atomic E-state index is 0.0844. The van der Waals surface area contributed by atoms with Crippen LogP contribution in [0.2, 0.25) is 0 Å². The van der Waals surface area contributed by atoms with Gasteiger partial charge in [-0.25, -0.2) is 8.42 Å². The van der Waals surface area contributed by atoms with E-state index in [2.05, 4.69) is 0 Å². The summed E-state index contributed by atoms with van der Waals surface area (Å²) in [4.78, 5) is 0.237. The summed E-state index contributed by atoms with van der Waals surface area (Å²) >= 11 is 0. The van der Waals surface area contributed by atoms with Gasteiger partial charge < -0.3 is 5.73 Å². The van der Waals surface area contributed by atoms with Gasteiger partial charge in [-0.05, 0) is 43.2 Å². The van der Waals surface area contributed by atoms with E-state index in [0.717, 1.165) is 17.7 Å². The maximum Gasteiger partial charge on any atom is 0.264 e. The number of hydrogen-bond acceptors (Lipinski definition) is 3. The van der Waals surface area contributed by atoms with Crippen LogP contribution in [-0.2, 0) is 16.4 Å². The van der Waals surface area contributed by atoms with Crippen LogP contribution in [-0.4, -0.2) is 14.5 Å². The molecule has 5 heteroatoms. The Morgan fingerprint density at radius 3 is 2.65 bits per heavy atom. The predicted molar refractivity (Wildman–Crippen MR) is 80.1 cm³/mol. The second kappa shape index (κ2) is 4.52. The number of fused-ring (bicyclic) bond motifs is 1. The molecule has 2 N–H and O–H groups in total. The number of anilines is 2. The Morgan fingerprint density at radius 1 is 1.15 bits per heavy atom. The van der Waals surface area contributed by atoms with E-state index in [4.69, 9.17) is 5.73 Å². The van der Waals surface area contributed by atoms with Gasteiger partial charge in [-0.2, -0.15) is 0 Å². The maximum atomic E-state index is 12.8. The molecular weight excluding hydrogens is 272 g/mol. The van der Waals surface area contributed by atoms with Crippen LogP contribution in [0.5, 0.6) is 0 Å². The zero-order chi connectivity index (χ0) is 14.3. The van der Waals surface area contributed by atoms with Crippen molar-refractivity contribution in [3.05, 3.63) is 54.1 Å². The zero-order valence-electron chi connectivity index (χ0n) is 11.2. The van der Waals surface area contributed by atoms with Crippen LogP contribution in [0.15, 0.2) is 53.4 Å². The van der Waals surface area contributed by atoms with Crippen molar-refractivity contribution in [1.82, 2.24) is 0 Å². The van der Waals surface area contributed by atoms with Gasteiger partial charge in [-0.1, -0.05) is 24.3 Å². The summed E-state index contributed by atoms with van der Waals surface area (Å²) in [6.45, 7) is 1.92. The minimum atomic E-state index is -3.57. The van der Waals surface area contributed by atoms with Gasteiger partial charge in [0.2, 0.25) is 0 Å². The summed E-state index contributed by atoms with van der Waals surface area (Å²) in [6, 6.07) is 14.0. The van der Waals surface area contributed by atoms with Crippen molar-refractivity contribution in [2.75, 3.05) is 10.0 Å². The summed E-state index contributed by atoms with van der Waals surface area (Å²) in [5.74, 6) is 0. The molecule has 0 aromatic heterocycles. The molecule has 0 aliphatic carbocycles. The molecule has 20 heavy (non-hydrogen) atoms. The van der Waals surface area contributed by atoms with Gasteiger partial charge in [0.1, 0.15) is 0 Å². The van der Waals surface area contributed by atoms with E-state index < -0.39 is 10.0 Å². The Morgan fingerprint density at radius 2 is 1.90 bits per heavy atom. The van der Waals surface area contributed by atoms with Crippen LogP contribution in [0.25, 0.3) is 0 Å². The third-order valence-electron chi connectivity index (χ3n) is 3.56. The van der Waals surface area contributed by atoms with Gasteiger partial charge in [-0.15, -0.1) is 0 Å². The van der Waals surface area contributed by atoms with Crippen LogP contribution in [0, 0.1) is 0 Å². The van der Waals surface area contributed by atoms with Crippen molar-refractivity contribution >= 4 is 21.4 Å². The first kappa shape index (κ1) is 13.0. The highest BCUT2D eigenvalue weighted by atomic mass is 32.2. The SMILES string of the molecule is CC1Cc2ccccc2N1S(=O)(=O)c1cccc(N)c1. The van der Waals surface area contributed by atoms with Crippen molar-refractivity contribution in [2.24, 2.45) is 0 Å². The zero-order valence-corrected chi connectivity index (χ0v) is 12.0. The predicted octanol–water partition coefficient (Wildman–Crippen LogP) is 2.41. The molecule has 0 spiro atoms. The number of benzene rings is 2. The molecule has 1 atom stereocenters. The topological polar surface area (TPSA) is 63.4 Å². The quantitative estimate of drug-likeness (QED) is 0.863.